The van der Waals surface area contributed by atoms with Crippen molar-refractivity contribution in [3.8, 4) is 5.82 Å². The highest BCUT2D eigenvalue weighted by Gasteiger charge is 2.21. The minimum absolute atomic E-state index is 0.106. The Hall–Kier alpha value is -3.15. The van der Waals surface area contributed by atoms with Gasteiger partial charge in [-0.05, 0) is 48.1 Å². The first-order valence-electron chi connectivity index (χ1n) is 10.1. The van der Waals surface area contributed by atoms with Gasteiger partial charge in [0.25, 0.3) is 5.91 Å². The molecule has 0 saturated heterocycles. The number of carbonyl (C=O) groups excluding carboxylic acids is 1. The summed E-state index contributed by atoms with van der Waals surface area (Å²) in [6.07, 6.45) is 5.63. The van der Waals surface area contributed by atoms with E-state index in [1.165, 1.54) is 17.7 Å². The summed E-state index contributed by atoms with van der Waals surface area (Å²) in [4.78, 5) is 19.6. The van der Waals surface area contributed by atoms with Crippen LogP contribution in [0.1, 0.15) is 53.4 Å². The molecule has 29 heavy (non-hydrogen) atoms. The Balaban J connectivity index is 1.53. The van der Waals surface area contributed by atoms with Crippen molar-refractivity contribution in [2.45, 2.75) is 39.2 Å². The first kappa shape index (κ1) is 19.2. The summed E-state index contributed by atoms with van der Waals surface area (Å²) >= 11 is 0. The van der Waals surface area contributed by atoms with Crippen molar-refractivity contribution in [2.75, 3.05) is 18.5 Å². The van der Waals surface area contributed by atoms with Gasteiger partial charge in [-0.1, -0.05) is 32.0 Å². The number of aromatic nitrogens is 3. The van der Waals surface area contributed by atoms with Crippen molar-refractivity contribution in [1.82, 2.24) is 20.1 Å². The fourth-order valence-electron chi connectivity index (χ4n) is 3.98. The molecule has 0 saturated carbocycles. The molecule has 1 aromatic carbocycles. The first-order valence-corrected chi connectivity index (χ1v) is 10.1. The third-order valence-corrected chi connectivity index (χ3v) is 5.41. The number of rotatable bonds is 5. The second-order valence-electron chi connectivity index (χ2n) is 7.87. The van der Waals surface area contributed by atoms with Gasteiger partial charge in [0, 0.05) is 32.0 Å². The SMILES string of the molecule is CC(C)c1c(C(=O)NCc2ccc3c(c2)CCCN3C)cnn1-c1ccccn1. The van der Waals surface area contributed by atoms with Gasteiger partial charge in [-0.3, -0.25) is 4.79 Å². The van der Waals surface area contributed by atoms with Gasteiger partial charge in [-0.2, -0.15) is 5.10 Å². The summed E-state index contributed by atoms with van der Waals surface area (Å²) in [6.45, 7) is 5.73. The van der Waals surface area contributed by atoms with Gasteiger partial charge >= 0.3 is 0 Å². The molecule has 0 radical (unpaired) electrons. The van der Waals surface area contributed by atoms with Crippen molar-refractivity contribution in [1.29, 1.82) is 0 Å². The van der Waals surface area contributed by atoms with Gasteiger partial charge in [0.05, 0.1) is 17.5 Å². The normalized spacial score (nSPS) is 13.4. The van der Waals surface area contributed by atoms with Gasteiger partial charge in [-0.15, -0.1) is 0 Å². The van der Waals surface area contributed by atoms with Crippen LogP contribution < -0.4 is 10.2 Å². The molecule has 6 heteroatoms. The van der Waals surface area contributed by atoms with E-state index in [1.54, 1.807) is 17.1 Å². The molecule has 150 valence electrons. The maximum atomic E-state index is 12.9. The number of hydrogen-bond acceptors (Lipinski definition) is 4. The minimum Gasteiger partial charge on any atom is -0.374 e. The molecule has 0 fully saturated rings. The highest BCUT2D eigenvalue weighted by molar-refractivity contribution is 5.95. The number of anilines is 1. The predicted octanol–water partition coefficient (Wildman–Crippen LogP) is 3.70. The van der Waals surface area contributed by atoms with Crippen LogP contribution in [0.4, 0.5) is 5.69 Å². The number of pyridine rings is 1. The topological polar surface area (TPSA) is 63.1 Å². The van der Waals surface area contributed by atoms with Crippen LogP contribution in [-0.4, -0.2) is 34.3 Å². The largest absolute Gasteiger partial charge is 0.374 e. The lowest BCUT2D eigenvalue weighted by Gasteiger charge is -2.27. The predicted molar refractivity (Wildman–Crippen MR) is 115 cm³/mol. The second-order valence-corrected chi connectivity index (χ2v) is 7.87. The Morgan fingerprint density at radius 3 is 2.86 bits per heavy atom. The molecular formula is C23H27N5O. The zero-order valence-corrected chi connectivity index (χ0v) is 17.2. The number of carbonyl (C=O) groups is 1. The highest BCUT2D eigenvalue weighted by Crippen LogP contribution is 2.27. The zero-order valence-electron chi connectivity index (χ0n) is 17.2. The van der Waals surface area contributed by atoms with E-state index in [9.17, 15) is 4.79 Å². The molecule has 1 amide bonds. The summed E-state index contributed by atoms with van der Waals surface area (Å²) in [5.41, 5.74) is 5.24. The van der Waals surface area contributed by atoms with Crippen LogP contribution in [0, 0.1) is 0 Å². The van der Waals surface area contributed by atoms with Gasteiger partial charge in [-0.25, -0.2) is 9.67 Å². The van der Waals surface area contributed by atoms with E-state index in [1.807, 2.05) is 18.2 Å². The number of benzene rings is 1. The fraction of sp³-hybridized carbons (Fsp3) is 0.348. The number of hydrogen-bond donors (Lipinski definition) is 1. The highest BCUT2D eigenvalue weighted by atomic mass is 16.1. The monoisotopic (exact) mass is 389 g/mol. The van der Waals surface area contributed by atoms with Crippen LogP contribution in [0.3, 0.4) is 0 Å². The average Bonchev–Trinajstić information content (AvgIpc) is 3.18. The molecule has 1 aliphatic rings. The minimum atomic E-state index is -0.106. The maximum Gasteiger partial charge on any atom is 0.255 e. The Labute approximate surface area is 171 Å². The van der Waals surface area contributed by atoms with Crippen LogP contribution in [0.25, 0.3) is 5.82 Å². The van der Waals surface area contributed by atoms with Crippen molar-refractivity contribution in [3.63, 3.8) is 0 Å². The van der Waals surface area contributed by atoms with Crippen LogP contribution in [0.5, 0.6) is 0 Å². The van der Waals surface area contributed by atoms with Crippen LogP contribution >= 0.6 is 0 Å². The standard InChI is InChI=1S/C23H27N5O/c1-16(2)22-19(15-26-28(22)21-8-4-5-11-24-21)23(29)25-14-17-9-10-20-18(13-17)7-6-12-27(20)3/h4-5,8-11,13,15-16H,6-7,12,14H2,1-3H3,(H,25,29). The van der Waals surface area contributed by atoms with Gasteiger partial charge < -0.3 is 10.2 Å². The molecule has 6 nitrogen and oxygen atoms in total. The number of amides is 1. The zero-order chi connectivity index (χ0) is 20.4. The number of fused-ring (bicyclic) bond motifs is 1. The van der Waals surface area contributed by atoms with E-state index in [-0.39, 0.29) is 11.8 Å². The van der Waals surface area contributed by atoms with Crippen LogP contribution in [0.2, 0.25) is 0 Å². The van der Waals surface area contributed by atoms with E-state index in [2.05, 4.69) is 59.4 Å². The van der Waals surface area contributed by atoms with Gasteiger partial charge in [0.1, 0.15) is 0 Å². The van der Waals surface area contributed by atoms with E-state index >= 15 is 0 Å². The average molecular weight is 390 g/mol. The smallest absolute Gasteiger partial charge is 0.255 e. The Bertz CT molecular complexity index is 1010. The lowest BCUT2D eigenvalue weighted by atomic mass is 9.99. The maximum absolute atomic E-state index is 12.9. The summed E-state index contributed by atoms with van der Waals surface area (Å²) in [6, 6.07) is 12.2. The first-order chi connectivity index (χ1) is 14.0. The van der Waals surface area contributed by atoms with E-state index in [0.29, 0.717) is 17.9 Å². The summed E-state index contributed by atoms with van der Waals surface area (Å²) in [5.74, 6) is 0.749. The van der Waals surface area contributed by atoms with Crippen molar-refractivity contribution < 1.29 is 4.79 Å². The van der Waals surface area contributed by atoms with Gasteiger partial charge in [0.2, 0.25) is 0 Å². The number of nitrogens with zero attached hydrogens (tertiary/aromatic N) is 4. The summed E-state index contributed by atoms with van der Waals surface area (Å²) in [7, 11) is 2.13. The Kier molecular flexibility index (Phi) is 5.34. The van der Waals surface area contributed by atoms with Crippen LogP contribution in [0.15, 0.2) is 48.8 Å². The lowest BCUT2D eigenvalue weighted by Crippen LogP contribution is -2.26. The molecule has 3 aromatic rings. The van der Waals surface area contributed by atoms with E-state index in [4.69, 9.17) is 0 Å². The quantitative estimate of drug-likeness (QED) is 0.723. The third-order valence-electron chi connectivity index (χ3n) is 5.41. The third kappa shape index (κ3) is 3.88. The molecule has 0 spiro atoms. The lowest BCUT2D eigenvalue weighted by molar-refractivity contribution is 0.0949. The second kappa shape index (κ2) is 8.07. The summed E-state index contributed by atoms with van der Waals surface area (Å²) in [5, 5.41) is 7.50. The molecule has 1 N–H and O–H groups in total. The van der Waals surface area contributed by atoms with Crippen molar-refractivity contribution in [3.05, 3.63) is 71.2 Å². The van der Waals surface area contributed by atoms with Crippen molar-refractivity contribution in [2.24, 2.45) is 0 Å². The Morgan fingerprint density at radius 2 is 2.10 bits per heavy atom. The summed E-state index contributed by atoms with van der Waals surface area (Å²) < 4.78 is 1.76. The molecule has 0 bridgehead atoms. The van der Waals surface area contributed by atoms with Crippen LogP contribution in [-0.2, 0) is 13.0 Å². The molecule has 1 aliphatic heterocycles. The number of aryl methyl sites for hydroxylation is 1. The molecule has 0 unspecified atom stereocenters. The molecule has 2 aromatic heterocycles. The van der Waals surface area contributed by atoms with E-state index < -0.39 is 0 Å². The molecule has 0 atom stereocenters. The molecule has 0 aliphatic carbocycles. The van der Waals surface area contributed by atoms with E-state index in [0.717, 1.165) is 24.2 Å². The van der Waals surface area contributed by atoms with Crippen molar-refractivity contribution >= 4 is 11.6 Å². The molecular weight excluding hydrogens is 362 g/mol. The molecule has 3 heterocycles. The Morgan fingerprint density at radius 1 is 1.24 bits per heavy atom. The van der Waals surface area contributed by atoms with Gasteiger partial charge in [0.15, 0.2) is 5.82 Å². The number of nitrogens with one attached hydrogen (secondary N) is 1. The fourth-order valence-corrected chi connectivity index (χ4v) is 3.98. The molecule has 4 rings (SSSR count).